The molecule has 0 aliphatic carbocycles. The number of amides is 1. The first-order valence-corrected chi connectivity index (χ1v) is 5.46. The van der Waals surface area contributed by atoms with Crippen molar-refractivity contribution >= 4 is 34.8 Å². The molecule has 0 aliphatic rings. The minimum Gasteiger partial charge on any atom is -0.319 e. The fraction of sp³-hybridized carbons (Fsp3) is 0. The number of aromatic nitrogens is 2. The molecule has 17 heavy (non-hydrogen) atoms. The number of hydrogen-bond donors (Lipinski definition) is 1. The normalized spacial score (nSPS) is 10.0. The number of rotatable bonds is 2. The van der Waals surface area contributed by atoms with E-state index in [1.54, 1.807) is 30.5 Å². The Balaban J connectivity index is 2.17. The van der Waals surface area contributed by atoms with E-state index in [2.05, 4.69) is 15.3 Å². The van der Waals surface area contributed by atoms with Crippen molar-refractivity contribution in [1.29, 1.82) is 0 Å². The number of nitrogens with one attached hydrogen (secondary N) is 1. The third kappa shape index (κ3) is 2.93. The van der Waals surface area contributed by atoms with Gasteiger partial charge in [0.25, 0.3) is 5.91 Å². The van der Waals surface area contributed by atoms with E-state index in [1.165, 1.54) is 6.20 Å². The highest BCUT2D eigenvalue weighted by atomic mass is 35.5. The Morgan fingerprint density at radius 3 is 2.65 bits per heavy atom. The molecule has 2 heterocycles. The van der Waals surface area contributed by atoms with E-state index < -0.39 is 0 Å². The van der Waals surface area contributed by atoms with Crippen LogP contribution in [0.25, 0.3) is 0 Å². The van der Waals surface area contributed by atoms with Crippen LogP contribution in [0.2, 0.25) is 10.3 Å². The molecule has 2 aromatic rings. The third-order valence-electron chi connectivity index (χ3n) is 2.00. The van der Waals surface area contributed by atoms with Gasteiger partial charge in [-0.1, -0.05) is 23.2 Å². The zero-order valence-corrected chi connectivity index (χ0v) is 10.0. The fourth-order valence-corrected chi connectivity index (χ4v) is 1.46. The summed E-state index contributed by atoms with van der Waals surface area (Å²) in [6, 6.07) is 6.47. The number of carbonyl (C=O) groups excluding carboxylic acids is 1. The first-order valence-electron chi connectivity index (χ1n) is 4.70. The topological polar surface area (TPSA) is 54.9 Å². The molecule has 0 spiro atoms. The van der Waals surface area contributed by atoms with E-state index in [-0.39, 0.29) is 11.1 Å². The standard InChI is InChI=1S/C11H7Cl2N3O/c12-9-4-3-7(6-15-9)11(17)16-8-2-1-5-14-10(8)13/h1-6H,(H,16,17). The Labute approximate surface area is 108 Å². The summed E-state index contributed by atoms with van der Waals surface area (Å²) >= 11 is 11.4. The van der Waals surface area contributed by atoms with Crippen molar-refractivity contribution < 1.29 is 4.79 Å². The quantitative estimate of drug-likeness (QED) is 0.851. The summed E-state index contributed by atoms with van der Waals surface area (Å²) in [6.45, 7) is 0. The predicted molar refractivity (Wildman–Crippen MR) is 66.4 cm³/mol. The van der Waals surface area contributed by atoms with Crippen LogP contribution >= 0.6 is 23.2 Å². The molecule has 1 N–H and O–H groups in total. The lowest BCUT2D eigenvalue weighted by Gasteiger charge is -2.05. The first-order chi connectivity index (χ1) is 8.16. The number of nitrogens with zero attached hydrogens (tertiary/aromatic N) is 2. The number of pyridine rings is 2. The van der Waals surface area contributed by atoms with Crippen LogP contribution in [0.4, 0.5) is 5.69 Å². The molecule has 0 radical (unpaired) electrons. The van der Waals surface area contributed by atoms with Gasteiger partial charge in [0, 0.05) is 12.4 Å². The molecule has 0 aliphatic heterocycles. The van der Waals surface area contributed by atoms with E-state index in [4.69, 9.17) is 23.2 Å². The van der Waals surface area contributed by atoms with Crippen molar-refractivity contribution in [3.8, 4) is 0 Å². The maximum atomic E-state index is 11.8. The number of anilines is 1. The van der Waals surface area contributed by atoms with Crippen molar-refractivity contribution in [2.75, 3.05) is 5.32 Å². The molecule has 86 valence electrons. The molecule has 0 fully saturated rings. The van der Waals surface area contributed by atoms with Crippen LogP contribution in [-0.2, 0) is 0 Å². The number of halogens is 2. The molecule has 0 saturated carbocycles. The van der Waals surface area contributed by atoms with E-state index in [0.717, 1.165) is 0 Å². The van der Waals surface area contributed by atoms with Gasteiger partial charge in [0.05, 0.1) is 11.3 Å². The zero-order chi connectivity index (χ0) is 12.3. The molecular formula is C11H7Cl2N3O. The molecule has 6 heteroatoms. The van der Waals surface area contributed by atoms with Gasteiger partial charge in [-0.3, -0.25) is 4.79 Å². The molecule has 0 bridgehead atoms. The summed E-state index contributed by atoms with van der Waals surface area (Å²) in [5.74, 6) is -0.316. The minimum absolute atomic E-state index is 0.239. The summed E-state index contributed by atoms with van der Waals surface area (Å²) in [5, 5.41) is 3.20. The number of hydrogen-bond acceptors (Lipinski definition) is 3. The van der Waals surface area contributed by atoms with Crippen molar-refractivity contribution in [2.24, 2.45) is 0 Å². The highest BCUT2D eigenvalue weighted by Gasteiger charge is 2.08. The monoisotopic (exact) mass is 267 g/mol. The van der Waals surface area contributed by atoms with Gasteiger partial charge in [0.2, 0.25) is 0 Å². The van der Waals surface area contributed by atoms with Gasteiger partial charge in [-0.25, -0.2) is 9.97 Å². The Morgan fingerprint density at radius 1 is 1.18 bits per heavy atom. The van der Waals surface area contributed by atoms with Crippen LogP contribution < -0.4 is 5.32 Å². The smallest absolute Gasteiger partial charge is 0.257 e. The molecule has 1 amide bonds. The van der Waals surface area contributed by atoms with Gasteiger partial charge < -0.3 is 5.32 Å². The third-order valence-corrected chi connectivity index (χ3v) is 2.52. The van der Waals surface area contributed by atoms with Crippen LogP contribution in [0.1, 0.15) is 10.4 Å². The van der Waals surface area contributed by atoms with Crippen LogP contribution in [-0.4, -0.2) is 15.9 Å². The first kappa shape index (κ1) is 11.8. The highest BCUT2D eigenvalue weighted by molar-refractivity contribution is 6.32. The molecule has 0 unspecified atom stereocenters. The molecule has 0 saturated heterocycles. The molecule has 4 nitrogen and oxygen atoms in total. The van der Waals surface area contributed by atoms with Crippen molar-refractivity contribution in [1.82, 2.24) is 9.97 Å². The zero-order valence-electron chi connectivity index (χ0n) is 8.52. The summed E-state index contributed by atoms with van der Waals surface area (Å²) in [4.78, 5) is 19.5. The van der Waals surface area contributed by atoms with Crippen molar-refractivity contribution in [3.63, 3.8) is 0 Å². The lowest BCUT2D eigenvalue weighted by Crippen LogP contribution is -2.12. The highest BCUT2D eigenvalue weighted by Crippen LogP contribution is 2.18. The fourth-order valence-electron chi connectivity index (χ4n) is 1.18. The van der Waals surface area contributed by atoms with E-state index in [0.29, 0.717) is 16.4 Å². The maximum Gasteiger partial charge on any atom is 0.257 e. The minimum atomic E-state index is -0.316. The van der Waals surface area contributed by atoms with E-state index in [1.807, 2.05) is 0 Å². The molecule has 2 aromatic heterocycles. The second-order valence-electron chi connectivity index (χ2n) is 3.17. The lowest BCUT2D eigenvalue weighted by molar-refractivity contribution is 0.102. The summed E-state index contributed by atoms with van der Waals surface area (Å²) in [5.41, 5.74) is 0.850. The van der Waals surface area contributed by atoms with E-state index >= 15 is 0 Å². The average Bonchev–Trinajstić information content (AvgIpc) is 2.33. The lowest BCUT2D eigenvalue weighted by atomic mass is 10.2. The van der Waals surface area contributed by atoms with Gasteiger partial charge in [-0.15, -0.1) is 0 Å². The van der Waals surface area contributed by atoms with Gasteiger partial charge in [-0.2, -0.15) is 0 Å². The Morgan fingerprint density at radius 2 is 2.00 bits per heavy atom. The predicted octanol–water partition coefficient (Wildman–Crippen LogP) is 3.04. The second kappa shape index (κ2) is 5.12. The van der Waals surface area contributed by atoms with Gasteiger partial charge in [0.15, 0.2) is 5.15 Å². The van der Waals surface area contributed by atoms with Gasteiger partial charge in [-0.05, 0) is 24.3 Å². The molecule has 0 atom stereocenters. The number of carbonyl (C=O) groups is 1. The van der Waals surface area contributed by atoms with Crippen LogP contribution in [0.5, 0.6) is 0 Å². The summed E-state index contributed by atoms with van der Waals surface area (Å²) < 4.78 is 0. The summed E-state index contributed by atoms with van der Waals surface area (Å²) in [7, 11) is 0. The van der Waals surface area contributed by atoms with Crippen LogP contribution in [0, 0.1) is 0 Å². The Kier molecular flexibility index (Phi) is 3.56. The SMILES string of the molecule is O=C(Nc1cccnc1Cl)c1ccc(Cl)nc1. The summed E-state index contributed by atoms with van der Waals surface area (Å²) in [6.07, 6.45) is 2.93. The Bertz CT molecular complexity index is 543. The van der Waals surface area contributed by atoms with E-state index in [9.17, 15) is 4.79 Å². The van der Waals surface area contributed by atoms with Gasteiger partial charge >= 0.3 is 0 Å². The molecule has 2 rings (SSSR count). The van der Waals surface area contributed by atoms with Crippen molar-refractivity contribution in [2.45, 2.75) is 0 Å². The van der Waals surface area contributed by atoms with Crippen LogP contribution in [0.15, 0.2) is 36.7 Å². The molecular weight excluding hydrogens is 261 g/mol. The Hall–Kier alpha value is -1.65. The second-order valence-corrected chi connectivity index (χ2v) is 3.91. The molecule has 0 aromatic carbocycles. The van der Waals surface area contributed by atoms with Gasteiger partial charge in [0.1, 0.15) is 5.15 Å². The maximum absolute atomic E-state index is 11.8. The van der Waals surface area contributed by atoms with Crippen LogP contribution in [0.3, 0.4) is 0 Å². The largest absolute Gasteiger partial charge is 0.319 e. The van der Waals surface area contributed by atoms with Crippen molar-refractivity contribution in [3.05, 3.63) is 52.5 Å². The average molecular weight is 268 g/mol.